The van der Waals surface area contributed by atoms with Crippen LogP contribution in [0, 0.1) is 0 Å². The molecule has 0 saturated heterocycles. The van der Waals surface area contributed by atoms with Crippen LogP contribution in [0.15, 0.2) is 40.8 Å². The van der Waals surface area contributed by atoms with Gasteiger partial charge in [0.25, 0.3) is 0 Å². The van der Waals surface area contributed by atoms with Gasteiger partial charge in [0.1, 0.15) is 11.1 Å². The van der Waals surface area contributed by atoms with Crippen molar-refractivity contribution in [2.75, 3.05) is 0 Å². The molecule has 0 bridgehead atoms. The van der Waals surface area contributed by atoms with Gasteiger partial charge in [0.15, 0.2) is 5.58 Å². The average Bonchev–Trinajstić information content (AvgIpc) is 2.76. The van der Waals surface area contributed by atoms with Gasteiger partial charge in [0, 0.05) is 10.8 Å². The summed E-state index contributed by atoms with van der Waals surface area (Å²) in [5.41, 5.74) is 0.545. The average molecular weight is 256 g/mol. The van der Waals surface area contributed by atoms with E-state index in [9.17, 15) is 14.7 Å². The van der Waals surface area contributed by atoms with Crippen molar-refractivity contribution in [2.24, 2.45) is 0 Å². The first-order valence-corrected chi connectivity index (χ1v) is 5.50. The predicted octanol–water partition coefficient (Wildman–Crippen LogP) is 2.98. The molecule has 0 amide bonds. The first-order chi connectivity index (χ1) is 9.09. The normalized spacial score (nSPS) is 10.9. The highest BCUT2D eigenvalue weighted by molar-refractivity contribution is 6.18. The van der Waals surface area contributed by atoms with Crippen molar-refractivity contribution in [3.63, 3.8) is 0 Å². The van der Waals surface area contributed by atoms with Gasteiger partial charge in [0.05, 0.1) is 5.56 Å². The molecule has 0 atom stereocenters. The molecule has 1 aromatic heterocycles. The van der Waals surface area contributed by atoms with E-state index in [1.165, 1.54) is 12.1 Å². The Balaban J connectivity index is 2.58. The van der Waals surface area contributed by atoms with Crippen LogP contribution in [0.25, 0.3) is 21.9 Å². The molecule has 0 spiro atoms. The minimum Gasteiger partial charge on any atom is -0.478 e. The maximum atomic E-state index is 11.2. The van der Waals surface area contributed by atoms with Crippen LogP contribution < -0.4 is 0 Å². The zero-order valence-electron chi connectivity index (χ0n) is 9.58. The van der Waals surface area contributed by atoms with Gasteiger partial charge in [0.2, 0.25) is 0 Å². The van der Waals surface area contributed by atoms with Crippen LogP contribution in [0.1, 0.15) is 20.7 Å². The Labute approximate surface area is 106 Å². The van der Waals surface area contributed by atoms with Gasteiger partial charge in [-0.25, -0.2) is 9.59 Å². The summed E-state index contributed by atoms with van der Waals surface area (Å²) in [5, 5.41) is 19.2. The highest BCUT2D eigenvalue weighted by Crippen LogP contribution is 2.33. The predicted molar refractivity (Wildman–Crippen MR) is 67.6 cm³/mol. The summed E-state index contributed by atoms with van der Waals surface area (Å²) in [6.45, 7) is 0. The fourth-order valence-electron chi connectivity index (χ4n) is 2.17. The van der Waals surface area contributed by atoms with Gasteiger partial charge >= 0.3 is 11.9 Å². The molecule has 0 unspecified atom stereocenters. The SMILES string of the molecule is O=C(O)c1ccc(C(=O)O)c2c1oc1ccccc12. The molecule has 1 heterocycles. The van der Waals surface area contributed by atoms with Crippen LogP contribution in [0.2, 0.25) is 0 Å². The first kappa shape index (κ1) is 11.3. The van der Waals surface area contributed by atoms with Crippen LogP contribution in [-0.2, 0) is 0 Å². The van der Waals surface area contributed by atoms with Gasteiger partial charge in [-0.1, -0.05) is 18.2 Å². The molecule has 0 saturated carbocycles. The Kier molecular flexibility index (Phi) is 2.28. The molecule has 0 aliphatic rings. The molecule has 94 valence electrons. The standard InChI is InChI=1S/C14H8O5/c15-13(16)8-5-6-9(14(17)18)12-11(8)7-3-1-2-4-10(7)19-12/h1-6H,(H,15,16)(H,17,18). The number of furan rings is 1. The number of para-hydroxylation sites is 1. The van der Waals surface area contributed by atoms with Crippen LogP contribution in [0.3, 0.4) is 0 Å². The number of fused-ring (bicyclic) bond motifs is 3. The molecular weight excluding hydrogens is 248 g/mol. The maximum Gasteiger partial charge on any atom is 0.339 e. The van der Waals surface area contributed by atoms with Crippen LogP contribution in [0.5, 0.6) is 0 Å². The topological polar surface area (TPSA) is 87.7 Å². The third-order valence-electron chi connectivity index (χ3n) is 2.99. The number of carboxylic acid groups (broad SMARTS) is 2. The molecule has 2 N–H and O–H groups in total. The lowest BCUT2D eigenvalue weighted by Gasteiger charge is -2.00. The minimum absolute atomic E-state index is 0.0324. The molecule has 2 aromatic carbocycles. The molecule has 3 aromatic rings. The van der Waals surface area contributed by atoms with Gasteiger partial charge in [-0.05, 0) is 18.2 Å². The molecule has 0 fully saturated rings. The van der Waals surface area contributed by atoms with Gasteiger partial charge < -0.3 is 14.6 Å². The lowest BCUT2D eigenvalue weighted by Crippen LogP contribution is -2.01. The summed E-state index contributed by atoms with van der Waals surface area (Å²) in [6, 6.07) is 9.40. The van der Waals surface area contributed by atoms with E-state index in [2.05, 4.69) is 0 Å². The summed E-state index contributed by atoms with van der Waals surface area (Å²) in [6.07, 6.45) is 0. The zero-order chi connectivity index (χ0) is 13.6. The molecule has 3 rings (SSSR count). The molecule has 19 heavy (non-hydrogen) atoms. The Hall–Kier alpha value is -2.82. The van der Waals surface area contributed by atoms with Crippen molar-refractivity contribution in [2.45, 2.75) is 0 Å². The van der Waals surface area contributed by atoms with E-state index in [1.807, 2.05) is 0 Å². The Morgan fingerprint density at radius 2 is 1.53 bits per heavy atom. The number of benzene rings is 2. The van der Waals surface area contributed by atoms with Crippen molar-refractivity contribution in [1.29, 1.82) is 0 Å². The van der Waals surface area contributed by atoms with Gasteiger partial charge in [-0.15, -0.1) is 0 Å². The first-order valence-electron chi connectivity index (χ1n) is 5.50. The number of aromatic carboxylic acids is 2. The number of rotatable bonds is 2. The van der Waals surface area contributed by atoms with Gasteiger partial charge in [-0.3, -0.25) is 0 Å². The van der Waals surface area contributed by atoms with E-state index in [4.69, 9.17) is 9.52 Å². The largest absolute Gasteiger partial charge is 0.478 e. The van der Waals surface area contributed by atoms with Crippen molar-refractivity contribution in [3.8, 4) is 0 Å². The second-order valence-electron chi connectivity index (χ2n) is 4.07. The Morgan fingerprint density at radius 3 is 2.21 bits per heavy atom. The molecule has 0 radical (unpaired) electrons. The van der Waals surface area contributed by atoms with E-state index in [0.29, 0.717) is 16.4 Å². The third kappa shape index (κ3) is 1.55. The van der Waals surface area contributed by atoms with Crippen LogP contribution in [-0.4, -0.2) is 22.2 Å². The number of carbonyl (C=O) groups is 2. The fraction of sp³-hybridized carbons (Fsp3) is 0. The smallest absolute Gasteiger partial charge is 0.339 e. The lowest BCUT2D eigenvalue weighted by molar-refractivity contribution is 0.0683. The lowest BCUT2D eigenvalue weighted by atomic mass is 10.0. The Bertz CT molecular complexity index is 828. The second-order valence-corrected chi connectivity index (χ2v) is 4.07. The fourth-order valence-corrected chi connectivity index (χ4v) is 2.17. The summed E-state index contributed by atoms with van der Waals surface area (Å²) < 4.78 is 5.49. The van der Waals surface area contributed by atoms with Crippen molar-refractivity contribution in [3.05, 3.63) is 47.5 Å². The van der Waals surface area contributed by atoms with Crippen molar-refractivity contribution in [1.82, 2.24) is 0 Å². The zero-order valence-corrected chi connectivity index (χ0v) is 9.58. The maximum absolute atomic E-state index is 11.2. The summed E-state index contributed by atoms with van der Waals surface area (Å²) in [5.74, 6) is -2.27. The number of hydrogen-bond donors (Lipinski definition) is 2. The van der Waals surface area contributed by atoms with Crippen molar-refractivity contribution >= 4 is 33.9 Å². The van der Waals surface area contributed by atoms with Crippen LogP contribution in [0.4, 0.5) is 0 Å². The second kappa shape index (κ2) is 3.84. The molecular formula is C14H8O5. The molecule has 5 heteroatoms. The highest BCUT2D eigenvalue weighted by atomic mass is 16.4. The third-order valence-corrected chi connectivity index (χ3v) is 2.99. The molecule has 5 nitrogen and oxygen atoms in total. The van der Waals surface area contributed by atoms with Crippen LogP contribution >= 0.6 is 0 Å². The number of carboxylic acids is 2. The van der Waals surface area contributed by atoms with E-state index in [0.717, 1.165) is 0 Å². The summed E-state index contributed by atoms with van der Waals surface area (Å²) >= 11 is 0. The summed E-state index contributed by atoms with van der Waals surface area (Å²) in [4.78, 5) is 22.4. The number of hydrogen-bond acceptors (Lipinski definition) is 3. The van der Waals surface area contributed by atoms with Gasteiger partial charge in [-0.2, -0.15) is 0 Å². The highest BCUT2D eigenvalue weighted by Gasteiger charge is 2.20. The van der Waals surface area contributed by atoms with E-state index in [1.54, 1.807) is 24.3 Å². The minimum atomic E-state index is -1.15. The van der Waals surface area contributed by atoms with E-state index < -0.39 is 11.9 Å². The van der Waals surface area contributed by atoms with E-state index in [-0.39, 0.29) is 16.7 Å². The monoisotopic (exact) mass is 256 g/mol. The molecule has 0 aliphatic heterocycles. The van der Waals surface area contributed by atoms with E-state index >= 15 is 0 Å². The summed E-state index contributed by atoms with van der Waals surface area (Å²) in [7, 11) is 0. The Morgan fingerprint density at radius 1 is 0.895 bits per heavy atom. The molecule has 0 aliphatic carbocycles. The quantitative estimate of drug-likeness (QED) is 0.735. The van der Waals surface area contributed by atoms with Crippen molar-refractivity contribution < 1.29 is 24.2 Å².